The van der Waals surface area contributed by atoms with Crippen LogP contribution in [-0.4, -0.2) is 41.2 Å². The average molecular weight is 485 g/mol. The van der Waals surface area contributed by atoms with E-state index < -0.39 is 15.8 Å². The monoisotopic (exact) mass is 484 g/mol. The minimum Gasteiger partial charge on any atom is -0.295 e. The summed E-state index contributed by atoms with van der Waals surface area (Å²) in [6.07, 6.45) is 3.99. The summed E-state index contributed by atoms with van der Waals surface area (Å²) in [7, 11) is -4.03. The van der Waals surface area contributed by atoms with Crippen LogP contribution in [0.15, 0.2) is 53.4 Å². The van der Waals surface area contributed by atoms with Gasteiger partial charge in [-0.05, 0) is 36.7 Å². The molecular weight excluding hydrogens is 455 g/mol. The van der Waals surface area contributed by atoms with Crippen LogP contribution in [0.1, 0.15) is 49.8 Å². The smallest absolute Gasteiger partial charge is 0.238 e. The Hall–Kier alpha value is -3.13. The Morgan fingerprint density at radius 3 is 2.56 bits per heavy atom. The zero-order valence-electron chi connectivity index (χ0n) is 19.2. The van der Waals surface area contributed by atoms with E-state index in [9.17, 15) is 12.8 Å². The molecule has 0 aliphatic heterocycles. The zero-order chi connectivity index (χ0) is 24.6. The van der Waals surface area contributed by atoms with Crippen LogP contribution in [0.2, 0.25) is 0 Å². The van der Waals surface area contributed by atoms with Crippen LogP contribution >= 0.6 is 0 Å². The number of hydrogen-bond donors (Lipinski definition) is 1. The Kier molecular flexibility index (Phi) is 8.87. The van der Waals surface area contributed by atoms with Crippen molar-refractivity contribution in [2.24, 2.45) is 5.14 Å². The Bertz CT molecular complexity index is 1240. The lowest BCUT2D eigenvalue weighted by atomic mass is 10.1. The van der Waals surface area contributed by atoms with Gasteiger partial charge in [-0.2, -0.15) is 5.26 Å². The molecule has 0 unspecified atom stereocenters. The molecule has 8 nitrogen and oxygen atoms in total. The Balaban J connectivity index is 1.96. The molecule has 2 aromatic carbocycles. The standard InChI is InChI=1S/C24H29FN6O2S/c1-2-3-7-14-30(15-8-13-26)18-23-28-24(16-19-9-5-4-6-10-19)31(29-23)22-12-11-20(17-21(22)25)34(27,32)33/h4-6,9-12,17H,2-3,7-8,14-16,18H2,1H3,(H2,27,32,33). The molecule has 0 aliphatic rings. The number of nitrogens with zero attached hydrogens (tertiary/aromatic N) is 5. The molecule has 0 saturated carbocycles. The Labute approximate surface area is 199 Å². The molecule has 0 saturated heterocycles. The number of unbranched alkanes of at least 4 members (excludes halogenated alkanes) is 2. The number of hydrogen-bond acceptors (Lipinski definition) is 6. The molecule has 0 bridgehead atoms. The van der Waals surface area contributed by atoms with Crippen molar-refractivity contribution in [2.75, 3.05) is 13.1 Å². The second-order valence-electron chi connectivity index (χ2n) is 8.07. The van der Waals surface area contributed by atoms with E-state index in [1.54, 1.807) is 0 Å². The van der Waals surface area contributed by atoms with Crippen LogP contribution in [0.5, 0.6) is 0 Å². The van der Waals surface area contributed by atoms with E-state index in [4.69, 9.17) is 10.4 Å². The number of sulfonamides is 1. The van der Waals surface area contributed by atoms with Crippen LogP contribution in [0.25, 0.3) is 5.69 Å². The lowest BCUT2D eigenvalue weighted by molar-refractivity contribution is 0.259. The van der Waals surface area contributed by atoms with Gasteiger partial charge in [0.15, 0.2) is 5.82 Å². The predicted octanol–water partition coefficient (Wildman–Crippen LogP) is 3.55. The first-order chi connectivity index (χ1) is 16.3. The summed E-state index contributed by atoms with van der Waals surface area (Å²) in [5.74, 6) is 0.272. The van der Waals surface area contributed by atoms with Gasteiger partial charge in [0.25, 0.3) is 0 Å². The van der Waals surface area contributed by atoms with Gasteiger partial charge in [-0.3, -0.25) is 4.90 Å². The zero-order valence-corrected chi connectivity index (χ0v) is 20.0. The van der Waals surface area contributed by atoms with Gasteiger partial charge in [-0.25, -0.2) is 27.6 Å². The molecule has 0 radical (unpaired) electrons. The van der Waals surface area contributed by atoms with Gasteiger partial charge in [0.1, 0.15) is 17.3 Å². The van der Waals surface area contributed by atoms with Crippen molar-refractivity contribution in [3.63, 3.8) is 0 Å². The molecule has 0 atom stereocenters. The number of nitriles is 1. The maximum Gasteiger partial charge on any atom is 0.238 e. The summed E-state index contributed by atoms with van der Waals surface area (Å²) in [6, 6.07) is 15.3. The van der Waals surface area contributed by atoms with E-state index in [2.05, 4.69) is 28.0 Å². The lowest BCUT2D eigenvalue weighted by Gasteiger charge is -2.19. The molecular formula is C24H29FN6O2S. The quantitative estimate of drug-likeness (QED) is 0.393. The van der Waals surface area contributed by atoms with Gasteiger partial charge in [0.05, 0.1) is 17.5 Å². The number of rotatable bonds is 12. The van der Waals surface area contributed by atoms with Gasteiger partial charge in [0, 0.05) is 19.4 Å². The number of primary sulfonamides is 1. The van der Waals surface area contributed by atoms with E-state index in [1.807, 2.05) is 30.3 Å². The van der Waals surface area contributed by atoms with Crippen molar-refractivity contribution in [1.29, 1.82) is 5.26 Å². The summed E-state index contributed by atoms with van der Waals surface area (Å²) in [4.78, 5) is 6.51. The van der Waals surface area contributed by atoms with Gasteiger partial charge < -0.3 is 0 Å². The van der Waals surface area contributed by atoms with Crippen molar-refractivity contribution >= 4 is 10.0 Å². The van der Waals surface area contributed by atoms with Gasteiger partial charge in [-0.15, -0.1) is 5.10 Å². The first kappa shape index (κ1) is 25.5. The molecule has 34 heavy (non-hydrogen) atoms. The highest BCUT2D eigenvalue weighted by atomic mass is 32.2. The molecule has 1 aromatic heterocycles. The molecule has 0 aliphatic carbocycles. The molecule has 180 valence electrons. The normalized spacial score (nSPS) is 11.6. The van der Waals surface area contributed by atoms with E-state index in [0.29, 0.717) is 37.6 Å². The van der Waals surface area contributed by atoms with E-state index in [0.717, 1.165) is 37.4 Å². The third kappa shape index (κ3) is 6.93. The maximum absolute atomic E-state index is 15.0. The predicted molar refractivity (Wildman–Crippen MR) is 127 cm³/mol. The van der Waals surface area contributed by atoms with Gasteiger partial charge in [0.2, 0.25) is 10.0 Å². The van der Waals surface area contributed by atoms with Crippen LogP contribution in [0.4, 0.5) is 4.39 Å². The number of aromatic nitrogens is 3. The van der Waals surface area contributed by atoms with Crippen LogP contribution in [0, 0.1) is 17.1 Å². The fraction of sp³-hybridized carbons (Fsp3) is 0.375. The van der Waals surface area contributed by atoms with E-state index in [1.165, 1.54) is 16.8 Å². The number of halogens is 1. The third-order valence-electron chi connectivity index (χ3n) is 5.38. The molecule has 3 rings (SSSR count). The highest BCUT2D eigenvalue weighted by molar-refractivity contribution is 7.89. The van der Waals surface area contributed by atoms with Crippen molar-refractivity contribution in [3.8, 4) is 11.8 Å². The second-order valence-corrected chi connectivity index (χ2v) is 9.63. The fourth-order valence-corrected chi connectivity index (χ4v) is 4.17. The van der Waals surface area contributed by atoms with E-state index >= 15 is 0 Å². The molecule has 1 heterocycles. The van der Waals surface area contributed by atoms with Crippen molar-refractivity contribution in [2.45, 2.75) is 50.5 Å². The highest BCUT2D eigenvalue weighted by Crippen LogP contribution is 2.20. The third-order valence-corrected chi connectivity index (χ3v) is 6.29. The Morgan fingerprint density at radius 2 is 1.91 bits per heavy atom. The first-order valence-corrected chi connectivity index (χ1v) is 12.8. The molecule has 3 aromatic rings. The van der Waals surface area contributed by atoms with Crippen LogP contribution < -0.4 is 5.14 Å². The summed E-state index contributed by atoms with van der Waals surface area (Å²) in [5, 5.41) is 18.7. The molecule has 10 heteroatoms. The van der Waals surface area contributed by atoms with E-state index in [-0.39, 0.29) is 10.6 Å². The molecule has 0 fully saturated rings. The SMILES string of the molecule is CCCCCN(CCC#N)Cc1nc(Cc2ccccc2)n(-c2ccc(S(N)(=O)=O)cc2F)n1. The van der Waals surface area contributed by atoms with Crippen molar-refractivity contribution < 1.29 is 12.8 Å². The average Bonchev–Trinajstić information content (AvgIpc) is 3.19. The lowest BCUT2D eigenvalue weighted by Crippen LogP contribution is -2.26. The summed E-state index contributed by atoms with van der Waals surface area (Å²) >= 11 is 0. The fourth-order valence-electron chi connectivity index (χ4n) is 3.64. The Morgan fingerprint density at radius 1 is 1.15 bits per heavy atom. The van der Waals surface area contributed by atoms with Crippen molar-refractivity contribution in [1.82, 2.24) is 19.7 Å². The van der Waals surface area contributed by atoms with Crippen molar-refractivity contribution in [3.05, 3.63) is 71.6 Å². The second kappa shape index (κ2) is 11.8. The van der Waals surface area contributed by atoms with Crippen LogP contribution in [0.3, 0.4) is 0 Å². The highest BCUT2D eigenvalue weighted by Gasteiger charge is 2.19. The maximum atomic E-state index is 15.0. The van der Waals surface area contributed by atoms with Gasteiger partial charge >= 0.3 is 0 Å². The topological polar surface area (TPSA) is 118 Å². The minimum absolute atomic E-state index is 0.0895. The molecule has 0 amide bonds. The van der Waals surface area contributed by atoms with Crippen LogP contribution in [-0.2, 0) is 23.0 Å². The molecule has 2 N–H and O–H groups in total. The first-order valence-electron chi connectivity index (χ1n) is 11.2. The number of nitrogens with two attached hydrogens (primary N) is 1. The molecule has 0 spiro atoms. The summed E-state index contributed by atoms with van der Waals surface area (Å²) < 4.78 is 39.6. The number of benzene rings is 2. The van der Waals surface area contributed by atoms with Gasteiger partial charge in [-0.1, -0.05) is 50.1 Å². The summed E-state index contributed by atoms with van der Waals surface area (Å²) in [6.45, 7) is 3.97. The largest absolute Gasteiger partial charge is 0.295 e. The summed E-state index contributed by atoms with van der Waals surface area (Å²) in [5.41, 5.74) is 1.07. The minimum atomic E-state index is -4.03.